The van der Waals surface area contributed by atoms with Crippen molar-refractivity contribution in [1.29, 1.82) is 0 Å². The molecule has 1 aliphatic rings. The molecule has 1 aromatic rings. The number of fused-ring (bicyclic) bond motifs is 1. The molecule has 106 valence electrons. The van der Waals surface area contributed by atoms with Crippen molar-refractivity contribution < 1.29 is 24.6 Å². The van der Waals surface area contributed by atoms with Gasteiger partial charge >= 0.3 is 5.97 Å². The summed E-state index contributed by atoms with van der Waals surface area (Å²) in [4.78, 5) is 34.7. The van der Waals surface area contributed by atoms with Crippen LogP contribution in [0.3, 0.4) is 0 Å². The van der Waals surface area contributed by atoms with E-state index < -0.39 is 24.5 Å². The first-order valence-electron chi connectivity index (χ1n) is 5.72. The topological polar surface area (TPSA) is 116 Å². The summed E-state index contributed by atoms with van der Waals surface area (Å²) in [5, 5.41) is 22.5. The minimum absolute atomic E-state index is 0.154. The van der Waals surface area contributed by atoms with Gasteiger partial charge in [0.15, 0.2) is 6.04 Å². The number of carboxylic acid groups (broad SMARTS) is 1. The smallest absolute Gasteiger partial charge is 0.328 e. The zero-order chi connectivity index (χ0) is 14.7. The number of benzene rings is 1. The summed E-state index contributed by atoms with van der Waals surface area (Å²) in [5.41, 5.74) is 0.737. The number of carbonyl (C=O) groups excluding carboxylic acids is 2. The molecule has 0 aromatic heterocycles. The fourth-order valence-corrected chi connectivity index (χ4v) is 2.44. The normalized spacial score (nSPS) is 14.9. The highest BCUT2D eigenvalue weighted by molar-refractivity contribution is 8.00. The third-order valence-electron chi connectivity index (χ3n) is 2.66. The minimum atomic E-state index is -1.36. The molecule has 0 saturated heterocycles. The number of nitrogens with one attached hydrogen (secondary N) is 2. The summed E-state index contributed by atoms with van der Waals surface area (Å²) in [6.07, 6.45) is 0. The summed E-state index contributed by atoms with van der Waals surface area (Å²) in [6.45, 7) is -0.696. The third-order valence-corrected chi connectivity index (χ3v) is 3.73. The fourth-order valence-electron chi connectivity index (χ4n) is 1.65. The van der Waals surface area contributed by atoms with Gasteiger partial charge in [-0.1, -0.05) is 0 Å². The van der Waals surface area contributed by atoms with Gasteiger partial charge in [-0.15, -0.1) is 11.8 Å². The van der Waals surface area contributed by atoms with Gasteiger partial charge in [0.25, 0.3) is 5.91 Å². The molecule has 7 nitrogen and oxygen atoms in total. The van der Waals surface area contributed by atoms with Crippen LogP contribution in [-0.4, -0.2) is 46.4 Å². The highest BCUT2D eigenvalue weighted by atomic mass is 32.2. The van der Waals surface area contributed by atoms with Gasteiger partial charge in [-0.25, -0.2) is 4.79 Å². The van der Waals surface area contributed by atoms with Crippen LogP contribution in [0.4, 0.5) is 5.69 Å². The Morgan fingerprint density at radius 3 is 2.85 bits per heavy atom. The Bertz CT molecular complexity index is 575. The molecular weight excluding hydrogens is 284 g/mol. The van der Waals surface area contributed by atoms with Gasteiger partial charge in [-0.05, 0) is 18.2 Å². The maximum absolute atomic E-state index is 11.9. The molecule has 20 heavy (non-hydrogen) atoms. The molecule has 0 fully saturated rings. The zero-order valence-corrected chi connectivity index (χ0v) is 11.1. The average Bonchev–Trinajstić information content (AvgIpc) is 2.43. The summed E-state index contributed by atoms with van der Waals surface area (Å²) in [5.74, 6) is -1.77. The lowest BCUT2D eigenvalue weighted by molar-refractivity contribution is -0.140. The van der Waals surface area contributed by atoms with Crippen LogP contribution in [0.25, 0.3) is 0 Å². The highest BCUT2D eigenvalue weighted by Crippen LogP contribution is 2.31. The Kier molecular flexibility index (Phi) is 4.26. The maximum atomic E-state index is 11.9. The number of rotatable bonds is 4. The predicted octanol–water partition coefficient (Wildman–Crippen LogP) is -0.0939. The van der Waals surface area contributed by atoms with Gasteiger partial charge in [-0.2, -0.15) is 0 Å². The van der Waals surface area contributed by atoms with Crippen LogP contribution in [0, 0.1) is 0 Å². The lowest BCUT2D eigenvalue weighted by Gasteiger charge is -2.17. The zero-order valence-electron chi connectivity index (χ0n) is 10.3. The summed E-state index contributed by atoms with van der Waals surface area (Å²) in [7, 11) is 0. The van der Waals surface area contributed by atoms with E-state index in [9.17, 15) is 14.4 Å². The van der Waals surface area contributed by atoms with Crippen LogP contribution in [0.1, 0.15) is 10.4 Å². The Labute approximate surface area is 118 Å². The predicted molar refractivity (Wildman–Crippen MR) is 71.8 cm³/mol. The summed E-state index contributed by atoms with van der Waals surface area (Å²) >= 11 is 1.36. The second-order valence-electron chi connectivity index (χ2n) is 4.09. The van der Waals surface area contributed by atoms with Crippen LogP contribution in [0.15, 0.2) is 23.1 Å². The number of aliphatic hydroxyl groups excluding tert-OH is 1. The van der Waals surface area contributed by atoms with E-state index in [-0.39, 0.29) is 11.5 Å². The van der Waals surface area contributed by atoms with Gasteiger partial charge in [0.1, 0.15) is 0 Å². The van der Waals surface area contributed by atoms with Gasteiger partial charge < -0.3 is 20.8 Å². The number of aliphatic hydroxyl groups is 1. The van der Waals surface area contributed by atoms with E-state index in [1.165, 1.54) is 23.9 Å². The maximum Gasteiger partial charge on any atom is 0.328 e. The first kappa shape index (κ1) is 14.4. The number of hydrogen-bond acceptors (Lipinski definition) is 5. The minimum Gasteiger partial charge on any atom is -0.480 e. The Morgan fingerprint density at radius 2 is 2.20 bits per heavy atom. The van der Waals surface area contributed by atoms with Gasteiger partial charge in [0.05, 0.1) is 18.0 Å². The monoisotopic (exact) mass is 296 g/mol. The second kappa shape index (κ2) is 5.93. The van der Waals surface area contributed by atoms with Crippen molar-refractivity contribution in [2.45, 2.75) is 10.9 Å². The first-order chi connectivity index (χ1) is 9.51. The molecule has 0 aliphatic carbocycles. The van der Waals surface area contributed by atoms with Crippen molar-refractivity contribution in [3.63, 3.8) is 0 Å². The lowest BCUT2D eigenvalue weighted by atomic mass is 10.1. The van der Waals surface area contributed by atoms with Crippen molar-refractivity contribution in [3.8, 4) is 0 Å². The van der Waals surface area contributed by atoms with E-state index >= 15 is 0 Å². The molecule has 1 aliphatic heterocycles. The number of carbonyl (C=O) groups is 3. The molecule has 0 radical (unpaired) electrons. The van der Waals surface area contributed by atoms with Crippen LogP contribution < -0.4 is 10.6 Å². The van der Waals surface area contributed by atoms with E-state index in [4.69, 9.17) is 10.2 Å². The Morgan fingerprint density at radius 1 is 1.45 bits per heavy atom. The van der Waals surface area contributed by atoms with E-state index in [0.717, 1.165) is 4.90 Å². The van der Waals surface area contributed by atoms with E-state index in [1.54, 1.807) is 6.07 Å². The van der Waals surface area contributed by atoms with Crippen molar-refractivity contribution >= 4 is 35.2 Å². The van der Waals surface area contributed by atoms with E-state index in [0.29, 0.717) is 11.4 Å². The van der Waals surface area contributed by atoms with E-state index in [1.807, 2.05) is 0 Å². The molecule has 8 heteroatoms. The van der Waals surface area contributed by atoms with Crippen LogP contribution in [0.5, 0.6) is 0 Å². The molecule has 4 N–H and O–H groups in total. The molecule has 1 heterocycles. The third kappa shape index (κ3) is 3.09. The molecule has 0 saturated carbocycles. The van der Waals surface area contributed by atoms with Gasteiger partial charge in [0.2, 0.25) is 5.91 Å². The number of anilines is 1. The second-order valence-corrected chi connectivity index (χ2v) is 5.11. The van der Waals surface area contributed by atoms with Crippen molar-refractivity contribution in [1.82, 2.24) is 5.32 Å². The van der Waals surface area contributed by atoms with Crippen LogP contribution >= 0.6 is 11.8 Å². The molecule has 0 spiro atoms. The van der Waals surface area contributed by atoms with Crippen LogP contribution in [0.2, 0.25) is 0 Å². The number of hydrogen-bond donors (Lipinski definition) is 4. The average molecular weight is 296 g/mol. The molecule has 0 unspecified atom stereocenters. The molecule has 0 bridgehead atoms. The standard InChI is InChI=1S/C12H12N2O5S/c15-4-8(12(18)19)14-11(17)6-1-2-9-7(3-6)13-10(16)5-20-9/h1-3,8,15H,4-5H2,(H,13,16)(H,14,17)(H,18,19)/t8-/m1/s1. The molecular formula is C12H12N2O5S. The van der Waals surface area contributed by atoms with Crippen LogP contribution in [-0.2, 0) is 9.59 Å². The summed E-state index contributed by atoms with van der Waals surface area (Å²) in [6, 6.07) is 3.34. The molecule has 2 amide bonds. The highest BCUT2D eigenvalue weighted by Gasteiger charge is 2.21. The fraction of sp³-hybridized carbons (Fsp3) is 0.250. The molecule has 2 rings (SSSR count). The number of thioether (sulfide) groups is 1. The van der Waals surface area contributed by atoms with E-state index in [2.05, 4.69) is 10.6 Å². The number of aliphatic carboxylic acids is 1. The number of amides is 2. The number of carboxylic acids is 1. The quantitative estimate of drug-likeness (QED) is 0.617. The Hall–Kier alpha value is -2.06. The van der Waals surface area contributed by atoms with Gasteiger partial charge in [0, 0.05) is 10.5 Å². The first-order valence-corrected chi connectivity index (χ1v) is 6.71. The molecule has 1 aromatic carbocycles. The summed E-state index contributed by atoms with van der Waals surface area (Å²) < 4.78 is 0. The van der Waals surface area contributed by atoms with Crippen molar-refractivity contribution in [2.75, 3.05) is 17.7 Å². The largest absolute Gasteiger partial charge is 0.480 e. The SMILES string of the molecule is O=C1CSc2ccc(C(=O)N[C@H](CO)C(=O)O)cc2N1. The molecule has 1 atom stereocenters. The van der Waals surface area contributed by atoms with Crippen molar-refractivity contribution in [2.24, 2.45) is 0 Å². The lowest BCUT2D eigenvalue weighted by Crippen LogP contribution is -2.43. The Balaban J connectivity index is 2.17. The van der Waals surface area contributed by atoms with Gasteiger partial charge in [-0.3, -0.25) is 9.59 Å². The van der Waals surface area contributed by atoms with Crippen molar-refractivity contribution in [3.05, 3.63) is 23.8 Å².